The Morgan fingerprint density at radius 2 is 2.19 bits per heavy atom. The third kappa shape index (κ3) is 2.73. The Labute approximate surface area is 93.3 Å². The van der Waals surface area contributed by atoms with Crippen LogP contribution in [0.3, 0.4) is 0 Å². The average Bonchev–Trinajstić information content (AvgIpc) is 2.25. The number of nitrogens with zero attached hydrogens (tertiary/aromatic N) is 1. The Morgan fingerprint density at radius 3 is 2.75 bits per heavy atom. The Kier molecular flexibility index (Phi) is 3.88. The van der Waals surface area contributed by atoms with E-state index in [1.165, 1.54) is 25.4 Å². The van der Waals surface area contributed by atoms with Crippen molar-refractivity contribution >= 4 is 5.78 Å². The summed E-state index contributed by atoms with van der Waals surface area (Å²) in [6.45, 7) is 0. The van der Waals surface area contributed by atoms with Gasteiger partial charge in [0.1, 0.15) is 11.3 Å². The van der Waals surface area contributed by atoms with E-state index in [9.17, 15) is 9.59 Å². The van der Waals surface area contributed by atoms with Gasteiger partial charge in [-0.15, -0.1) is 0 Å². The third-order valence-corrected chi connectivity index (χ3v) is 1.91. The number of nitrogens with one attached hydrogen (secondary N) is 1. The number of pyridine rings is 1. The lowest BCUT2D eigenvalue weighted by Crippen LogP contribution is -2.17. The average molecular weight is 222 g/mol. The van der Waals surface area contributed by atoms with E-state index in [1.54, 1.807) is 25.2 Å². The molecule has 0 aliphatic rings. The molecule has 0 spiro atoms. The summed E-state index contributed by atoms with van der Waals surface area (Å²) in [6.07, 6.45) is 4.34. The molecule has 0 bridgehead atoms. The van der Waals surface area contributed by atoms with Crippen LogP contribution in [0.4, 0.5) is 0 Å². The molecule has 0 aromatic carbocycles. The van der Waals surface area contributed by atoms with Crippen LogP contribution < -0.4 is 10.3 Å². The fourth-order valence-electron chi connectivity index (χ4n) is 1.16. The summed E-state index contributed by atoms with van der Waals surface area (Å²) in [7, 11) is 4.99. The maximum atomic E-state index is 11.7. The van der Waals surface area contributed by atoms with Crippen molar-refractivity contribution in [3.63, 3.8) is 0 Å². The van der Waals surface area contributed by atoms with Crippen molar-refractivity contribution in [1.29, 1.82) is 0 Å². The largest absolute Gasteiger partial charge is 0.496 e. The van der Waals surface area contributed by atoms with Crippen molar-refractivity contribution in [3.05, 3.63) is 40.5 Å². The number of rotatable bonds is 4. The van der Waals surface area contributed by atoms with Gasteiger partial charge in [-0.3, -0.25) is 9.59 Å². The number of ketones is 1. The molecule has 5 heteroatoms. The van der Waals surface area contributed by atoms with Crippen LogP contribution in [0, 0.1) is 0 Å². The molecule has 1 aromatic heterocycles. The number of allylic oxidation sites excluding steroid dienone is 1. The van der Waals surface area contributed by atoms with Gasteiger partial charge in [0.2, 0.25) is 0 Å². The number of aromatic amines is 1. The lowest BCUT2D eigenvalue weighted by molar-refractivity contribution is 0.104. The molecule has 0 aliphatic carbocycles. The van der Waals surface area contributed by atoms with Gasteiger partial charge < -0.3 is 14.6 Å². The second kappa shape index (κ2) is 5.16. The molecule has 1 aromatic rings. The number of hydrogen-bond donors (Lipinski definition) is 1. The van der Waals surface area contributed by atoms with Crippen molar-refractivity contribution in [2.75, 3.05) is 21.2 Å². The van der Waals surface area contributed by atoms with Crippen LogP contribution in [0.15, 0.2) is 29.3 Å². The molecule has 0 atom stereocenters. The zero-order chi connectivity index (χ0) is 12.1. The molecule has 5 nitrogen and oxygen atoms in total. The summed E-state index contributed by atoms with van der Waals surface area (Å²) in [5.74, 6) is -0.107. The van der Waals surface area contributed by atoms with Gasteiger partial charge in [-0.1, -0.05) is 0 Å². The van der Waals surface area contributed by atoms with Crippen molar-refractivity contribution in [3.8, 4) is 5.75 Å². The van der Waals surface area contributed by atoms with Gasteiger partial charge in [-0.2, -0.15) is 0 Å². The minimum Gasteiger partial charge on any atom is -0.496 e. The molecule has 0 radical (unpaired) electrons. The highest BCUT2D eigenvalue weighted by atomic mass is 16.5. The van der Waals surface area contributed by atoms with Gasteiger partial charge in [0.25, 0.3) is 5.56 Å². The predicted molar refractivity (Wildman–Crippen MR) is 60.8 cm³/mol. The topological polar surface area (TPSA) is 62.4 Å². The number of H-pyrrole nitrogens is 1. The first-order valence-corrected chi connectivity index (χ1v) is 4.71. The molecule has 0 amide bonds. The fraction of sp³-hybridized carbons (Fsp3) is 0.273. The maximum absolute atomic E-state index is 11.7. The number of carbonyl (C=O) groups is 1. The van der Waals surface area contributed by atoms with Crippen LogP contribution in [-0.4, -0.2) is 36.9 Å². The van der Waals surface area contributed by atoms with E-state index >= 15 is 0 Å². The number of methoxy groups -OCH3 is 1. The molecule has 0 aliphatic heterocycles. The van der Waals surface area contributed by atoms with Crippen LogP contribution >= 0.6 is 0 Å². The second-order valence-corrected chi connectivity index (χ2v) is 3.39. The zero-order valence-electron chi connectivity index (χ0n) is 9.48. The van der Waals surface area contributed by atoms with Crippen LogP contribution in [0.5, 0.6) is 5.75 Å². The summed E-state index contributed by atoms with van der Waals surface area (Å²) in [4.78, 5) is 27.4. The zero-order valence-corrected chi connectivity index (χ0v) is 9.48. The Morgan fingerprint density at radius 1 is 1.50 bits per heavy atom. The summed E-state index contributed by atoms with van der Waals surface area (Å²) in [5.41, 5.74) is -0.434. The SMILES string of the molecule is COc1cc[nH]c(=O)c1C(=O)C=CN(C)C. The van der Waals surface area contributed by atoms with Gasteiger partial charge >= 0.3 is 0 Å². The van der Waals surface area contributed by atoms with E-state index in [0.717, 1.165) is 0 Å². The minimum absolute atomic E-state index is 0.0168. The van der Waals surface area contributed by atoms with E-state index in [-0.39, 0.29) is 17.1 Å². The first kappa shape index (κ1) is 12.0. The van der Waals surface area contributed by atoms with Crippen molar-refractivity contribution in [2.24, 2.45) is 0 Å². The predicted octanol–water partition coefficient (Wildman–Crippen LogP) is 0.641. The quantitative estimate of drug-likeness (QED) is 0.600. The van der Waals surface area contributed by atoms with E-state index in [2.05, 4.69) is 4.98 Å². The van der Waals surface area contributed by atoms with E-state index < -0.39 is 5.56 Å². The summed E-state index contributed by atoms with van der Waals surface area (Å²) in [5, 5.41) is 0. The molecule has 0 fully saturated rings. The molecule has 1 N–H and O–H groups in total. The van der Waals surface area contributed by atoms with E-state index in [0.29, 0.717) is 0 Å². The molecular weight excluding hydrogens is 208 g/mol. The number of aromatic nitrogens is 1. The number of carbonyl (C=O) groups excluding carboxylic acids is 1. The third-order valence-electron chi connectivity index (χ3n) is 1.91. The monoisotopic (exact) mass is 222 g/mol. The molecule has 0 unspecified atom stereocenters. The number of ether oxygens (including phenoxy) is 1. The minimum atomic E-state index is -0.451. The standard InChI is InChI=1S/C11H14N2O3/c1-13(2)7-5-8(14)10-9(16-3)4-6-12-11(10)15/h4-7H,1-3H3,(H,12,15). The summed E-state index contributed by atoms with van der Waals surface area (Å²) < 4.78 is 4.97. The van der Waals surface area contributed by atoms with Crippen molar-refractivity contribution < 1.29 is 9.53 Å². The van der Waals surface area contributed by atoms with Gasteiger partial charge in [0, 0.05) is 32.6 Å². The molecule has 0 saturated heterocycles. The fourth-order valence-corrected chi connectivity index (χ4v) is 1.16. The lowest BCUT2D eigenvalue weighted by atomic mass is 10.1. The Bertz CT molecular complexity index is 461. The van der Waals surface area contributed by atoms with E-state index in [4.69, 9.17) is 4.74 Å². The summed E-state index contributed by atoms with van der Waals surface area (Å²) in [6, 6.07) is 1.54. The normalized spacial score (nSPS) is 10.4. The summed E-state index contributed by atoms with van der Waals surface area (Å²) >= 11 is 0. The van der Waals surface area contributed by atoms with E-state index in [1.807, 2.05) is 0 Å². The van der Waals surface area contributed by atoms with Crippen LogP contribution in [0.2, 0.25) is 0 Å². The smallest absolute Gasteiger partial charge is 0.262 e. The van der Waals surface area contributed by atoms with Crippen LogP contribution in [-0.2, 0) is 0 Å². The molecule has 1 heterocycles. The van der Waals surface area contributed by atoms with Crippen LogP contribution in [0.1, 0.15) is 10.4 Å². The van der Waals surface area contributed by atoms with Gasteiger partial charge in [0.15, 0.2) is 5.78 Å². The highest BCUT2D eigenvalue weighted by molar-refractivity contribution is 6.06. The van der Waals surface area contributed by atoms with Crippen molar-refractivity contribution in [1.82, 2.24) is 9.88 Å². The molecule has 16 heavy (non-hydrogen) atoms. The Balaban J connectivity index is 3.12. The first-order valence-electron chi connectivity index (χ1n) is 4.71. The molecular formula is C11H14N2O3. The highest BCUT2D eigenvalue weighted by Gasteiger charge is 2.13. The molecule has 86 valence electrons. The van der Waals surface area contributed by atoms with Crippen molar-refractivity contribution in [2.45, 2.75) is 0 Å². The van der Waals surface area contributed by atoms with Gasteiger partial charge in [0.05, 0.1) is 7.11 Å². The molecule has 1 rings (SSSR count). The van der Waals surface area contributed by atoms with Gasteiger partial charge in [-0.05, 0) is 6.07 Å². The lowest BCUT2D eigenvalue weighted by Gasteiger charge is -2.05. The highest BCUT2D eigenvalue weighted by Crippen LogP contribution is 2.13. The van der Waals surface area contributed by atoms with Gasteiger partial charge in [-0.25, -0.2) is 0 Å². The maximum Gasteiger partial charge on any atom is 0.262 e. The molecule has 0 saturated carbocycles. The first-order chi connectivity index (χ1) is 7.56. The van der Waals surface area contributed by atoms with Crippen LogP contribution in [0.25, 0.3) is 0 Å². The Hall–Kier alpha value is -2.04. The number of hydrogen-bond acceptors (Lipinski definition) is 4. The second-order valence-electron chi connectivity index (χ2n) is 3.39.